The number of carbonyl (C=O) groups excluding carboxylic acids is 4. The van der Waals surface area contributed by atoms with Crippen LogP contribution in [0.4, 0.5) is 0 Å². The molecule has 12 rings (SSSR count). The van der Waals surface area contributed by atoms with Gasteiger partial charge in [-0.25, -0.2) is 23.5 Å². The Morgan fingerprint density at radius 2 is 0.746 bits per heavy atom. The zero-order valence-corrected chi connectivity index (χ0v) is 86.2. The first-order valence-corrected chi connectivity index (χ1v) is 45.9. The van der Waals surface area contributed by atoms with Crippen LogP contribution in [-0.2, 0) is 165 Å². The summed E-state index contributed by atoms with van der Waals surface area (Å²) in [7, 11) is -10.2. The van der Waals surface area contributed by atoms with Crippen molar-refractivity contribution in [2.45, 2.75) is 234 Å². The van der Waals surface area contributed by atoms with Crippen LogP contribution in [0.5, 0.6) is 0 Å². The number of carbonyl (C=O) groups is 4. The minimum absolute atomic E-state index is 0. The van der Waals surface area contributed by atoms with Crippen LogP contribution in [-0.4, -0.2) is 259 Å². The van der Waals surface area contributed by atoms with E-state index in [4.69, 9.17) is 53.0 Å². The number of halogens is 1. The van der Waals surface area contributed by atoms with Gasteiger partial charge in [-0.05, 0) is 101 Å². The average Bonchev–Trinajstić information content (AvgIpc) is 1.63. The van der Waals surface area contributed by atoms with Crippen molar-refractivity contribution in [1.29, 1.82) is 0 Å². The SMILES string of the molecule is BrCc1ccccn1.C.C.CCC1OC(n2ccc(=O)[nH]c2=O)[C@@H](OC(C)=O)C1OC(C)=O.CCC1OC(n2ccc(=O)n(Cc3ccccn3)c2=O)[C@@H](OC(C)=O)C1OC(C)=O.CCN(CC)CC.CCN(CC)CC.CO.N.O=c1ccn(C2OC(CO)C(O)[C@@H]2O)c(=O)n1Cc1ccccn1.O=c1ccn(C2OC(COP(=O)([O-])OP(=O)([O-])O)C(O)[C@@H]2O)c(=O)n1Cc1ccccn1.[Y].[Y]. The zero-order chi connectivity index (χ0) is 99.1. The summed E-state index contributed by atoms with van der Waals surface area (Å²) >= 11 is 3.29. The van der Waals surface area contributed by atoms with E-state index in [-0.39, 0.29) is 106 Å². The van der Waals surface area contributed by atoms with Gasteiger partial charge in [0.25, 0.3) is 37.9 Å². The molecule has 0 bridgehead atoms. The van der Waals surface area contributed by atoms with E-state index in [2.05, 4.69) is 101 Å². The van der Waals surface area contributed by atoms with Crippen LogP contribution in [0.2, 0.25) is 0 Å². The standard InChI is InChI=1S/C20H23N3O7.C15H19N3O12P2.C15H17N3O6.C14H18N2O7.C6H6BrN.2C6H15N.CH4O.2CH4.H3N.2Y/c1-4-15-17(28-12(2)24)18(29-13(3)25)19(30-15)22-10-8-16(26)23(20(22)27)11-14-7-5-6-9-21-14;19-11-4-6-17(15(22)18(11)7-9-3-1-2-5-16-9)14-13(21)12(20)10(29-14)8-28-32(26,27)30-31(23,24)25;19-8-10-12(21)13(22)14(24-10)17-6-4-11(20)18(15(17)23)7-9-3-1-2-5-16-9;1-4-9-11(21-7(2)17)12(22-8(3)18)13(23-9)16-6-5-10(19)15-14(16)20;7-5-6-3-1-2-4-8-6;2*1-4-7(5-2)6-3;1-2;;;;;/h5-10,15,17-19H,4,11H2,1-3H3;1-6,10,12-14,20-21H,7-8H2,(H,26,27)(H2,23,24,25);1-6,10,12-14,19,21-22H,7-8H2;5-6,9,11-13H,4H2,1-3H3,(H,15,19,20);1-4H,5H2;2*4-6H2,1-3H3;2H,1H3;2*1H4;1H3;;/p-2/t15?,17?,18-,19?;2*10?,12?,13-,14?;9?,11?,12-,13?;;;;;;;;;/m0000........./s1. The molecule has 138 heavy (non-hydrogen) atoms. The van der Waals surface area contributed by atoms with Crippen molar-refractivity contribution in [3.05, 3.63) is 253 Å². The Hall–Kier alpha value is -8.37. The number of nitrogens with zero attached hydrogens (tertiary/aromatic N) is 13. The molecular formula is C85H126BrN15O33P2Y2-2. The molecule has 53 heteroatoms. The largest absolute Gasteiger partial charge is 0.756 e. The summed E-state index contributed by atoms with van der Waals surface area (Å²) in [5, 5.41) is 57.2. The van der Waals surface area contributed by atoms with Gasteiger partial charge in [-0.15, -0.1) is 0 Å². The van der Waals surface area contributed by atoms with Gasteiger partial charge in [-0.3, -0.25) is 104 Å². The van der Waals surface area contributed by atoms with Gasteiger partial charge in [0.2, 0.25) is 0 Å². The average molecular weight is 2210 g/mol. The molecule has 18 atom stereocenters. The molecule has 11 N–H and O–H groups in total. The van der Waals surface area contributed by atoms with Crippen molar-refractivity contribution in [3.63, 3.8) is 0 Å². The number of hydrogen-bond donors (Lipinski definition) is 9. The van der Waals surface area contributed by atoms with Crippen LogP contribution in [0.1, 0.15) is 158 Å². The molecule has 0 spiro atoms. The molecule has 0 aromatic carbocycles. The number of hydrogen-bond acceptors (Lipinski definition) is 39. The molecule has 48 nitrogen and oxygen atoms in total. The summed E-state index contributed by atoms with van der Waals surface area (Å²) in [4.78, 5) is 198. The molecule has 14 unspecified atom stereocenters. The molecule has 8 aromatic heterocycles. The Labute approximate surface area is 853 Å². The number of aromatic nitrogens is 12. The molecule has 12 heterocycles. The van der Waals surface area contributed by atoms with Gasteiger partial charge in [-0.2, -0.15) is 0 Å². The third-order valence-electron chi connectivity index (χ3n) is 20.0. The summed E-state index contributed by atoms with van der Waals surface area (Å²) in [6.45, 7) is 27.0. The Morgan fingerprint density at radius 1 is 0.449 bits per heavy atom. The van der Waals surface area contributed by atoms with Gasteiger partial charge in [0, 0.05) is 179 Å². The van der Waals surface area contributed by atoms with E-state index in [1.54, 1.807) is 73.2 Å². The number of aromatic amines is 1. The smallest absolute Gasteiger partial charge is 0.333 e. The number of H-pyrrole nitrogens is 1. The maximum absolute atomic E-state index is 13.1. The molecule has 0 saturated carbocycles. The van der Waals surface area contributed by atoms with Crippen LogP contribution < -0.4 is 60.9 Å². The van der Waals surface area contributed by atoms with Crippen LogP contribution in [0, 0.1) is 0 Å². The number of aliphatic hydroxyl groups is 6. The van der Waals surface area contributed by atoms with Crippen LogP contribution in [0.15, 0.2) is 185 Å². The maximum Gasteiger partial charge on any atom is 0.333 e. The predicted octanol–water partition coefficient (Wildman–Crippen LogP) is 1.14. The molecule has 8 aromatic rings. The second kappa shape index (κ2) is 64.9. The van der Waals surface area contributed by atoms with Gasteiger partial charge in [0.15, 0.2) is 49.3 Å². The minimum Gasteiger partial charge on any atom is -0.756 e. The van der Waals surface area contributed by atoms with Crippen LogP contribution >= 0.6 is 31.6 Å². The van der Waals surface area contributed by atoms with E-state index in [9.17, 15) is 96.9 Å². The Balaban J connectivity index is 0.00000166. The van der Waals surface area contributed by atoms with Crippen LogP contribution in [0.25, 0.3) is 0 Å². The van der Waals surface area contributed by atoms with Crippen molar-refractivity contribution in [3.8, 4) is 0 Å². The zero-order valence-electron chi connectivity index (χ0n) is 77.2. The molecule has 0 amide bonds. The molecule has 4 saturated heterocycles. The number of ether oxygens (including phenoxy) is 8. The van der Waals surface area contributed by atoms with Crippen molar-refractivity contribution < 1.29 is 186 Å². The van der Waals surface area contributed by atoms with E-state index < -0.39 is 196 Å². The number of esters is 4. The second-order valence-electron chi connectivity index (χ2n) is 28.8. The van der Waals surface area contributed by atoms with Gasteiger partial charge < -0.3 is 104 Å². The Bertz CT molecular complexity index is 5550. The fraction of sp³-hybridized carbons (Fsp3) is 0.529. The Morgan fingerprint density at radius 3 is 1.01 bits per heavy atom. The minimum atomic E-state index is -5.67. The molecule has 764 valence electrons. The van der Waals surface area contributed by atoms with E-state index in [0.29, 0.717) is 29.9 Å². The normalized spacial score (nSPS) is 22.0. The van der Waals surface area contributed by atoms with Crippen molar-refractivity contribution in [2.75, 3.05) is 59.6 Å². The van der Waals surface area contributed by atoms with Gasteiger partial charge >= 0.3 is 46.6 Å². The molecular weight excluding hydrogens is 2080 g/mol. The second-order valence-corrected chi connectivity index (χ2v) is 32.1. The Kier molecular flexibility index (Phi) is 61.0. The number of rotatable bonds is 29. The first-order chi connectivity index (χ1) is 63.2. The maximum atomic E-state index is 13.1. The predicted molar refractivity (Wildman–Crippen MR) is 491 cm³/mol. The van der Waals surface area contributed by atoms with Gasteiger partial charge in [0.05, 0.1) is 55.6 Å². The summed E-state index contributed by atoms with van der Waals surface area (Å²) in [5.41, 5.74) is -2.71. The summed E-state index contributed by atoms with van der Waals surface area (Å²) in [6.07, 6.45) is -6.49. The summed E-state index contributed by atoms with van der Waals surface area (Å²) < 4.78 is 79.9. The van der Waals surface area contributed by atoms with Crippen LogP contribution in [0.3, 0.4) is 0 Å². The number of phosphoric ester groups is 1. The third-order valence-corrected chi connectivity index (χ3v) is 22.6. The van der Waals surface area contributed by atoms with E-state index in [1.165, 1.54) is 108 Å². The molecule has 2 radical (unpaired) electrons. The van der Waals surface area contributed by atoms with E-state index >= 15 is 0 Å². The number of aliphatic hydroxyl groups excluding tert-OH is 6. The number of nitrogens with one attached hydrogen (secondary N) is 1. The van der Waals surface area contributed by atoms with Gasteiger partial charge in [0.1, 0.15) is 48.8 Å². The molecule has 4 aliphatic rings. The summed E-state index contributed by atoms with van der Waals surface area (Å²) in [5.74, 6) is -2.33. The number of phosphoric acid groups is 2. The van der Waals surface area contributed by atoms with Gasteiger partial charge in [-0.1, -0.05) is 110 Å². The number of alkyl halides is 1. The van der Waals surface area contributed by atoms with E-state index in [1.807, 2.05) is 32.0 Å². The van der Waals surface area contributed by atoms with Crippen molar-refractivity contribution >= 4 is 55.5 Å². The monoisotopic (exact) mass is 2200 g/mol. The quantitative estimate of drug-likeness (QED) is 0.0137. The fourth-order valence-corrected chi connectivity index (χ4v) is 15.2. The van der Waals surface area contributed by atoms with E-state index in [0.717, 1.165) is 63.9 Å². The third kappa shape index (κ3) is 39.5. The summed E-state index contributed by atoms with van der Waals surface area (Å²) in [6, 6.07) is 25.6. The molecule has 4 aliphatic heterocycles. The number of pyridine rings is 4. The van der Waals surface area contributed by atoms with Crippen molar-refractivity contribution in [1.82, 2.24) is 72.8 Å². The first kappa shape index (κ1) is 130. The van der Waals surface area contributed by atoms with Crippen molar-refractivity contribution in [2.24, 2.45) is 0 Å². The topological polar surface area (TPSA) is 662 Å². The molecule has 4 fully saturated rings. The molecule has 0 aliphatic carbocycles. The first-order valence-electron chi connectivity index (χ1n) is 41.8. The fourth-order valence-electron chi connectivity index (χ4n) is 13.4.